The lowest BCUT2D eigenvalue weighted by Gasteiger charge is -2.10. The summed E-state index contributed by atoms with van der Waals surface area (Å²) >= 11 is 0. The second-order valence-corrected chi connectivity index (χ2v) is 2.69. The van der Waals surface area contributed by atoms with Crippen LogP contribution >= 0.6 is 0 Å². The molecule has 0 aliphatic carbocycles. The van der Waals surface area contributed by atoms with Gasteiger partial charge < -0.3 is 4.74 Å². The highest BCUT2D eigenvalue weighted by Crippen LogP contribution is 2.26. The summed E-state index contributed by atoms with van der Waals surface area (Å²) in [5.74, 6) is 0. The van der Waals surface area contributed by atoms with Gasteiger partial charge in [0.15, 0.2) is 0 Å². The maximum atomic E-state index is 13.1. The number of hydrogen-bond donors (Lipinski definition) is 0. The fraction of sp³-hybridized carbons (Fsp3) is 1.00. The third kappa shape index (κ3) is 1.54. The van der Waals surface area contributed by atoms with E-state index in [1.165, 1.54) is 0 Å². The summed E-state index contributed by atoms with van der Waals surface area (Å²) in [5, 5.41) is 3.31. The zero-order chi connectivity index (χ0) is 9.14. The van der Waals surface area contributed by atoms with Crippen molar-refractivity contribution in [2.45, 2.75) is 37.7 Å². The van der Waals surface area contributed by atoms with Gasteiger partial charge in [0, 0.05) is 10.9 Å². The van der Waals surface area contributed by atoms with Crippen LogP contribution in [0.1, 0.15) is 13.3 Å². The van der Waals surface area contributed by atoms with E-state index in [2.05, 4.69) is 10.0 Å². The number of rotatable bonds is 2. The van der Waals surface area contributed by atoms with Crippen LogP contribution in [-0.2, 0) is 4.74 Å². The Bertz CT molecular complexity index is 209. The van der Waals surface area contributed by atoms with Gasteiger partial charge in [0.1, 0.15) is 14.0 Å². The topological polar surface area (TPSA) is 58.0 Å². The Morgan fingerprint density at radius 3 is 2.92 bits per heavy atom. The first kappa shape index (κ1) is 9.35. The summed E-state index contributed by atoms with van der Waals surface area (Å²) in [4.78, 5) is 2.55. The maximum Gasteiger partial charge on any atom is 0.128 e. The van der Waals surface area contributed by atoms with E-state index in [-0.39, 0.29) is 6.10 Å². The molecule has 0 aromatic carbocycles. The van der Waals surface area contributed by atoms with Crippen molar-refractivity contribution in [1.82, 2.24) is 0 Å². The van der Waals surface area contributed by atoms with E-state index in [0.717, 1.165) is 0 Å². The van der Waals surface area contributed by atoms with E-state index >= 15 is 0 Å². The third-order valence-electron chi connectivity index (χ3n) is 1.94. The summed E-state index contributed by atoms with van der Waals surface area (Å²) in [7, 11) is 5.28. The highest BCUT2D eigenvalue weighted by atomic mass is 19.1. The van der Waals surface area contributed by atoms with E-state index in [1.54, 1.807) is 0 Å². The lowest BCUT2D eigenvalue weighted by atomic mass is 9.93. The molecule has 1 aliphatic heterocycles. The van der Waals surface area contributed by atoms with E-state index in [9.17, 15) is 4.39 Å². The van der Waals surface area contributed by atoms with Gasteiger partial charge in [-0.05, 0) is 12.0 Å². The van der Waals surface area contributed by atoms with Crippen LogP contribution in [-0.4, -0.2) is 32.2 Å². The van der Waals surface area contributed by atoms with Crippen LogP contribution in [0.4, 0.5) is 4.39 Å². The van der Waals surface area contributed by atoms with Gasteiger partial charge in [-0.2, -0.15) is 0 Å². The van der Waals surface area contributed by atoms with Gasteiger partial charge in [-0.25, -0.2) is 4.39 Å². The van der Waals surface area contributed by atoms with E-state index in [1.807, 2.05) is 6.92 Å². The summed E-state index contributed by atoms with van der Waals surface area (Å²) in [5.41, 5.74) is 8.14. The Balaban J connectivity index is 2.72. The molecule has 1 fully saturated rings. The number of azide groups is 1. The fourth-order valence-corrected chi connectivity index (χ4v) is 1.29. The average molecular weight is 169 g/mol. The van der Waals surface area contributed by atoms with Gasteiger partial charge in [-0.1, -0.05) is 12.0 Å². The molecular weight excluding hydrogens is 160 g/mol. The molecule has 0 bridgehead atoms. The maximum absolute atomic E-state index is 13.1. The molecule has 4 atom stereocenters. The summed E-state index contributed by atoms with van der Waals surface area (Å²) in [6, 6.07) is -1.72. The van der Waals surface area contributed by atoms with Crippen molar-refractivity contribution in [3.63, 3.8) is 0 Å². The van der Waals surface area contributed by atoms with Gasteiger partial charge in [0.05, 0.1) is 12.1 Å². The van der Waals surface area contributed by atoms with Crippen LogP contribution in [0.3, 0.4) is 0 Å². The normalized spacial score (nSPS) is 40.8. The molecule has 0 spiro atoms. The van der Waals surface area contributed by atoms with Crippen LogP contribution in [0.15, 0.2) is 5.11 Å². The standard InChI is InChI=1S/C6H9BFN3O/c1-2-3-5(10-11-9)4(8)6(7)12-3/h3-6H,2H2,1H3/t3-,4+,5-,6-/m0/s1. The molecule has 0 N–H and O–H groups in total. The molecule has 0 unspecified atom stereocenters. The molecule has 64 valence electrons. The number of nitrogens with zero attached hydrogens (tertiary/aromatic N) is 3. The molecule has 1 saturated heterocycles. The number of halogens is 1. The van der Waals surface area contributed by atoms with Crippen molar-refractivity contribution < 1.29 is 9.13 Å². The molecule has 1 aliphatic rings. The zero-order valence-corrected chi connectivity index (χ0v) is 6.72. The first-order valence-electron chi connectivity index (χ1n) is 3.80. The Morgan fingerprint density at radius 2 is 2.42 bits per heavy atom. The van der Waals surface area contributed by atoms with Crippen molar-refractivity contribution in [2.24, 2.45) is 5.11 Å². The molecule has 4 nitrogen and oxygen atoms in total. The third-order valence-corrected chi connectivity index (χ3v) is 1.94. The summed E-state index contributed by atoms with van der Waals surface area (Å²) in [6.07, 6.45) is -1.17. The fourth-order valence-electron chi connectivity index (χ4n) is 1.29. The van der Waals surface area contributed by atoms with Crippen molar-refractivity contribution in [3.05, 3.63) is 10.4 Å². The zero-order valence-electron chi connectivity index (χ0n) is 6.72. The molecular formula is C6H9BFN3O. The molecule has 0 saturated carbocycles. The Morgan fingerprint density at radius 1 is 1.75 bits per heavy atom. The Kier molecular flexibility index (Phi) is 2.95. The molecule has 0 aromatic heterocycles. The monoisotopic (exact) mass is 169 g/mol. The quantitative estimate of drug-likeness (QED) is 0.266. The van der Waals surface area contributed by atoms with Crippen molar-refractivity contribution in [1.29, 1.82) is 0 Å². The number of hydrogen-bond acceptors (Lipinski definition) is 2. The van der Waals surface area contributed by atoms with Gasteiger partial charge in [-0.3, -0.25) is 0 Å². The molecule has 0 aromatic rings. The Labute approximate surface area is 71.1 Å². The van der Waals surface area contributed by atoms with E-state index in [0.29, 0.717) is 6.42 Å². The minimum atomic E-state index is -1.38. The summed E-state index contributed by atoms with van der Waals surface area (Å²) in [6.45, 7) is 1.83. The average Bonchev–Trinajstić information content (AvgIpc) is 2.33. The number of ether oxygens (including phenoxy) is 1. The Hall–Kier alpha value is -0.735. The number of alkyl halides is 1. The van der Waals surface area contributed by atoms with Gasteiger partial charge in [0.25, 0.3) is 0 Å². The molecule has 6 heteroatoms. The van der Waals surface area contributed by atoms with E-state index < -0.39 is 18.2 Å². The second-order valence-electron chi connectivity index (χ2n) is 2.69. The highest BCUT2D eigenvalue weighted by Gasteiger charge is 2.40. The van der Waals surface area contributed by atoms with Crippen molar-refractivity contribution in [2.75, 3.05) is 0 Å². The van der Waals surface area contributed by atoms with Gasteiger partial charge in [-0.15, -0.1) is 0 Å². The smallest absolute Gasteiger partial charge is 0.128 e. The first-order chi connectivity index (χ1) is 5.70. The van der Waals surface area contributed by atoms with Gasteiger partial charge in [0.2, 0.25) is 0 Å². The highest BCUT2D eigenvalue weighted by molar-refractivity contribution is 6.11. The first-order valence-corrected chi connectivity index (χ1v) is 3.80. The molecule has 2 radical (unpaired) electrons. The van der Waals surface area contributed by atoms with E-state index in [4.69, 9.17) is 18.1 Å². The van der Waals surface area contributed by atoms with Crippen molar-refractivity contribution >= 4 is 7.85 Å². The second kappa shape index (κ2) is 3.78. The van der Waals surface area contributed by atoms with Crippen LogP contribution in [0.5, 0.6) is 0 Å². The minimum absolute atomic E-state index is 0.383. The minimum Gasteiger partial charge on any atom is -0.381 e. The predicted molar refractivity (Wildman–Crippen MR) is 42.5 cm³/mol. The lowest BCUT2D eigenvalue weighted by molar-refractivity contribution is 0.0722. The predicted octanol–water partition coefficient (Wildman–Crippen LogP) is 1.31. The molecule has 1 rings (SSSR count). The SMILES string of the molecule is [B][C@H]1O[C@@H](CC)[C@H](N=[N+]=[N-])[C@H]1F. The molecule has 12 heavy (non-hydrogen) atoms. The van der Waals surface area contributed by atoms with Gasteiger partial charge >= 0.3 is 0 Å². The molecule has 0 amide bonds. The molecule has 1 heterocycles. The van der Waals surface area contributed by atoms with Crippen LogP contribution in [0.25, 0.3) is 10.4 Å². The van der Waals surface area contributed by atoms with Crippen LogP contribution in [0, 0.1) is 0 Å². The lowest BCUT2D eigenvalue weighted by Crippen LogP contribution is -2.26. The van der Waals surface area contributed by atoms with Crippen LogP contribution < -0.4 is 0 Å². The summed E-state index contributed by atoms with van der Waals surface area (Å²) < 4.78 is 18.1. The largest absolute Gasteiger partial charge is 0.381 e. The van der Waals surface area contributed by atoms with Crippen molar-refractivity contribution in [3.8, 4) is 0 Å². The van der Waals surface area contributed by atoms with Crippen LogP contribution in [0.2, 0.25) is 0 Å².